The zero-order chi connectivity index (χ0) is 13.5. The number of nitrogen functional groups attached to an aromatic ring is 1. The lowest BCUT2D eigenvalue weighted by Crippen LogP contribution is -2.36. The van der Waals surface area contributed by atoms with E-state index >= 15 is 0 Å². The molecule has 106 valence electrons. The largest absolute Gasteiger partial charge is 0.423 e. The second-order valence-corrected chi connectivity index (χ2v) is 5.86. The smallest absolute Gasteiger partial charge is 0.298 e. The van der Waals surface area contributed by atoms with E-state index in [1.165, 1.54) is 32.4 Å². The Labute approximate surface area is 118 Å². The standard InChI is InChI=1S/C15H20N4O/c16-11-4-5-13-14(9-11)20-15(17-13)19-8-2-7-18-6-1-3-12(18)10-19/h4-5,9,12H,1-3,6-8,10,16H2. The number of hydrogen-bond donors (Lipinski definition) is 1. The summed E-state index contributed by atoms with van der Waals surface area (Å²) in [6, 6.07) is 7.07. The molecular weight excluding hydrogens is 252 g/mol. The molecule has 0 saturated carbocycles. The number of hydrogen-bond acceptors (Lipinski definition) is 5. The molecule has 1 aromatic carbocycles. The molecule has 1 unspecified atom stereocenters. The minimum atomic E-state index is 0.664. The summed E-state index contributed by atoms with van der Waals surface area (Å²) >= 11 is 0. The van der Waals surface area contributed by atoms with Gasteiger partial charge in [0.05, 0.1) is 0 Å². The maximum absolute atomic E-state index is 5.91. The predicted octanol–water partition coefficient (Wildman–Crippen LogP) is 2.08. The normalized spacial score (nSPS) is 24.0. The van der Waals surface area contributed by atoms with Crippen molar-refractivity contribution in [1.29, 1.82) is 0 Å². The van der Waals surface area contributed by atoms with Gasteiger partial charge in [0.2, 0.25) is 0 Å². The van der Waals surface area contributed by atoms with Crippen LogP contribution in [0.3, 0.4) is 0 Å². The van der Waals surface area contributed by atoms with Crippen molar-refractivity contribution >= 4 is 22.8 Å². The van der Waals surface area contributed by atoms with Crippen molar-refractivity contribution in [1.82, 2.24) is 9.88 Å². The summed E-state index contributed by atoms with van der Waals surface area (Å²) in [4.78, 5) is 9.53. The Kier molecular flexibility index (Phi) is 2.80. The Bertz CT molecular complexity index is 623. The number of oxazole rings is 1. The zero-order valence-corrected chi connectivity index (χ0v) is 11.6. The van der Waals surface area contributed by atoms with E-state index in [1.54, 1.807) is 0 Å². The number of rotatable bonds is 1. The van der Waals surface area contributed by atoms with Crippen molar-refractivity contribution < 1.29 is 4.42 Å². The van der Waals surface area contributed by atoms with Gasteiger partial charge in [-0.15, -0.1) is 0 Å². The van der Waals surface area contributed by atoms with Crippen LogP contribution < -0.4 is 10.6 Å². The molecule has 5 heteroatoms. The molecule has 0 amide bonds. The molecule has 2 aliphatic heterocycles. The van der Waals surface area contributed by atoms with Gasteiger partial charge in [-0.05, 0) is 37.9 Å². The summed E-state index contributed by atoms with van der Waals surface area (Å²) < 4.78 is 5.91. The van der Waals surface area contributed by atoms with Crippen LogP contribution in [0.1, 0.15) is 19.3 Å². The van der Waals surface area contributed by atoms with Crippen molar-refractivity contribution in [3.63, 3.8) is 0 Å². The van der Waals surface area contributed by atoms with Crippen molar-refractivity contribution in [2.75, 3.05) is 36.8 Å². The lowest BCUT2D eigenvalue weighted by molar-refractivity contribution is 0.272. The summed E-state index contributed by atoms with van der Waals surface area (Å²) in [5.74, 6) is 0. The van der Waals surface area contributed by atoms with E-state index in [1.807, 2.05) is 18.2 Å². The molecule has 0 radical (unpaired) electrons. The van der Waals surface area contributed by atoms with Gasteiger partial charge in [-0.3, -0.25) is 4.90 Å². The second kappa shape index (κ2) is 4.66. The molecule has 1 aromatic heterocycles. The Balaban J connectivity index is 1.64. The molecular formula is C15H20N4O. The second-order valence-electron chi connectivity index (χ2n) is 5.86. The fourth-order valence-corrected chi connectivity index (χ4v) is 3.44. The summed E-state index contributed by atoms with van der Waals surface area (Å²) in [6.07, 6.45) is 3.80. The van der Waals surface area contributed by atoms with Gasteiger partial charge in [-0.1, -0.05) is 0 Å². The van der Waals surface area contributed by atoms with Crippen LogP contribution in [0.5, 0.6) is 0 Å². The first-order valence-corrected chi connectivity index (χ1v) is 7.45. The van der Waals surface area contributed by atoms with Crippen LogP contribution in [0.4, 0.5) is 11.7 Å². The summed E-state index contributed by atoms with van der Waals surface area (Å²) in [7, 11) is 0. The highest BCUT2D eigenvalue weighted by Gasteiger charge is 2.30. The Morgan fingerprint density at radius 2 is 2.10 bits per heavy atom. The van der Waals surface area contributed by atoms with Gasteiger partial charge in [-0.25, -0.2) is 0 Å². The topological polar surface area (TPSA) is 58.5 Å². The maximum atomic E-state index is 5.91. The van der Waals surface area contributed by atoms with Gasteiger partial charge in [0.25, 0.3) is 6.01 Å². The molecule has 0 spiro atoms. The first-order valence-electron chi connectivity index (χ1n) is 7.45. The average molecular weight is 272 g/mol. The van der Waals surface area contributed by atoms with Gasteiger partial charge in [0, 0.05) is 37.4 Å². The van der Waals surface area contributed by atoms with Crippen LogP contribution in [-0.2, 0) is 0 Å². The molecule has 2 fully saturated rings. The highest BCUT2D eigenvalue weighted by molar-refractivity contribution is 5.78. The minimum absolute atomic E-state index is 0.664. The minimum Gasteiger partial charge on any atom is -0.423 e. The van der Waals surface area contributed by atoms with Gasteiger partial charge >= 0.3 is 0 Å². The summed E-state index contributed by atoms with van der Waals surface area (Å²) in [5.41, 5.74) is 8.19. The fraction of sp³-hybridized carbons (Fsp3) is 0.533. The van der Waals surface area contributed by atoms with Crippen LogP contribution >= 0.6 is 0 Å². The Hall–Kier alpha value is -1.75. The molecule has 0 bridgehead atoms. The number of fused-ring (bicyclic) bond motifs is 2. The summed E-state index contributed by atoms with van der Waals surface area (Å²) in [5, 5.41) is 0. The molecule has 3 heterocycles. The fourth-order valence-electron chi connectivity index (χ4n) is 3.44. The third-order valence-corrected chi connectivity index (χ3v) is 4.48. The van der Waals surface area contributed by atoms with E-state index in [2.05, 4.69) is 14.8 Å². The number of aromatic nitrogens is 1. The van der Waals surface area contributed by atoms with E-state index in [0.717, 1.165) is 35.9 Å². The van der Waals surface area contributed by atoms with Gasteiger partial charge in [-0.2, -0.15) is 4.98 Å². The van der Waals surface area contributed by atoms with E-state index < -0.39 is 0 Å². The van der Waals surface area contributed by atoms with Crippen LogP contribution in [0.15, 0.2) is 22.6 Å². The highest BCUT2D eigenvalue weighted by Crippen LogP contribution is 2.27. The monoisotopic (exact) mass is 272 g/mol. The predicted molar refractivity (Wildman–Crippen MR) is 79.8 cm³/mol. The van der Waals surface area contributed by atoms with Crippen molar-refractivity contribution in [3.8, 4) is 0 Å². The third-order valence-electron chi connectivity index (χ3n) is 4.48. The van der Waals surface area contributed by atoms with Gasteiger partial charge in [0.1, 0.15) is 5.52 Å². The molecule has 20 heavy (non-hydrogen) atoms. The zero-order valence-electron chi connectivity index (χ0n) is 11.6. The SMILES string of the molecule is Nc1ccc2nc(N3CCCN4CCCC4C3)oc2c1. The molecule has 2 N–H and O–H groups in total. The molecule has 2 aromatic rings. The Morgan fingerprint density at radius 1 is 1.20 bits per heavy atom. The lowest BCUT2D eigenvalue weighted by atomic mass is 10.2. The molecule has 0 aliphatic carbocycles. The summed E-state index contributed by atoms with van der Waals surface area (Å²) in [6.45, 7) is 4.51. The number of nitrogens with zero attached hydrogens (tertiary/aromatic N) is 3. The molecule has 1 atom stereocenters. The van der Waals surface area contributed by atoms with E-state index in [0.29, 0.717) is 6.04 Å². The van der Waals surface area contributed by atoms with Crippen LogP contribution in [-0.4, -0.2) is 42.1 Å². The maximum Gasteiger partial charge on any atom is 0.298 e. The quantitative estimate of drug-likeness (QED) is 0.805. The number of benzene rings is 1. The van der Waals surface area contributed by atoms with Crippen LogP contribution in [0.2, 0.25) is 0 Å². The molecule has 2 saturated heterocycles. The van der Waals surface area contributed by atoms with E-state index in [4.69, 9.17) is 10.2 Å². The van der Waals surface area contributed by atoms with Crippen molar-refractivity contribution in [3.05, 3.63) is 18.2 Å². The molecule has 2 aliphatic rings. The van der Waals surface area contributed by atoms with Crippen LogP contribution in [0.25, 0.3) is 11.1 Å². The third kappa shape index (κ3) is 2.02. The first-order chi connectivity index (χ1) is 9.79. The molecule has 4 rings (SSSR count). The lowest BCUT2D eigenvalue weighted by Gasteiger charge is -2.24. The number of nitrogens with two attached hydrogens (primary N) is 1. The molecule has 5 nitrogen and oxygen atoms in total. The Morgan fingerprint density at radius 3 is 3.05 bits per heavy atom. The van der Waals surface area contributed by atoms with Crippen molar-refractivity contribution in [2.45, 2.75) is 25.3 Å². The number of anilines is 2. The van der Waals surface area contributed by atoms with Crippen LogP contribution in [0, 0.1) is 0 Å². The van der Waals surface area contributed by atoms with E-state index in [-0.39, 0.29) is 0 Å². The first kappa shape index (κ1) is 12.0. The van der Waals surface area contributed by atoms with Gasteiger partial charge in [0.15, 0.2) is 5.58 Å². The highest BCUT2D eigenvalue weighted by atomic mass is 16.4. The average Bonchev–Trinajstić information content (AvgIpc) is 3.00. The van der Waals surface area contributed by atoms with Gasteiger partial charge < -0.3 is 15.1 Å². The van der Waals surface area contributed by atoms with E-state index in [9.17, 15) is 0 Å². The van der Waals surface area contributed by atoms with Crippen molar-refractivity contribution in [2.24, 2.45) is 0 Å².